The summed E-state index contributed by atoms with van der Waals surface area (Å²) in [6.07, 6.45) is 2.32. The van der Waals surface area contributed by atoms with Crippen molar-refractivity contribution in [1.82, 2.24) is 4.57 Å². The first-order valence-electron chi connectivity index (χ1n) is 13.3. The average Bonchev–Trinajstić information content (AvgIpc) is 3.42. The Morgan fingerprint density at radius 1 is 0.694 bits per heavy atom. The molecule has 36 heavy (non-hydrogen) atoms. The van der Waals surface area contributed by atoms with Gasteiger partial charge in [-0.15, -0.1) is 0 Å². The number of hydrogen-bond acceptors (Lipinski definition) is 2. The number of nitrogens with zero attached hydrogens (tertiary/aromatic N) is 1. The van der Waals surface area contributed by atoms with Crippen LogP contribution in [0.4, 0.5) is 0 Å². The first-order chi connectivity index (χ1) is 16.7. The van der Waals surface area contributed by atoms with Crippen molar-refractivity contribution in [2.75, 3.05) is 0 Å². The summed E-state index contributed by atoms with van der Waals surface area (Å²) in [6.45, 7) is 14.9. The van der Waals surface area contributed by atoms with Crippen LogP contribution in [0.2, 0.25) is 14.8 Å². The van der Waals surface area contributed by atoms with Crippen molar-refractivity contribution in [3.05, 3.63) is 64.5 Å². The molecule has 5 aromatic rings. The molecule has 0 aliphatic carbocycles. The number of aryl methyl sites for hydroxylation is 2. The number of thiophene rings is 2. The maximum atomic E-state index is 2.58. The predicted octanol–water partition coefficient (Wildman–Crippen LogP) is 9.84. The van der Waals surface area contributed by atoms with Gasteiger partial charge in [-0.1, -0.05) is 41.5 Å². The van der Waals surface area contributed by atoms with Crippen LogP contribution in [0.3, 0.4) is 0 Å². The Kier molecular flexibility index (Phi) is 6.70. The molecule has 0 amide bonds. The van der Waals surface area contributed by atoms with Gasteiger partial charge < -0.3 is 0 Å². The van der Waals surface area contributed by atoms with Crippen molar-refractivity contribution in [1.29, 1.82) is 0 Å². The van der Waals surface area contributed by atoms with Crippen molar-refractivity contribution >= 4 is 75.1 Å². The summed E-state index contributed by atoms with van der Waals surface area (Å²) in [5, 5.41) is 2.81. The van der Waals surface area contributed by atoms with Gasteiger partial charge in [-0.2, -0.15) is 0 Å². The number of fused-ring (bicyclic) bond motifs is 4. The van der Waals surface area contributed by atoms with Gasteiger partial charge in [0.05, 0.1) is 0 Å². The molecule has 0 fully saturated rings. The van der Waals surface area contributed by atoms with Crippen molar-refractivity contribution in [3.8, 4) is 0 Å². The van der Waals surface area contributed by atoms with Crippen LogP contribution >= 0.6 is 22.7 Å². The molecule has 0 saturated carbocycles. The second kappa shape index (κ2) is 9.17. The first kappa shape index (κ1) is 26.3. The van der Waals surface area contributed by atoms with Gasteiger partial charge in [-0.3, -0.25) is 0 Å². The molecule has 0 N–H and O–H groups in total. The minimum absolute atomic E-state index is 0.146. The van der Waals surface area contributed by atoms with Gasteiger partial charge in [0, 0.05) is 0 Å². The van der Waals surface area contributed by atoms with Gasteiger partial charge >= 0.3 is 167 Å². The average molecular weight is 623 g/mol. The van der Waals surface area contributed by atoms with Gasteiger partial charge in [0.25, 0.3) is 0 Å². The third-order valence-corrected chi connectivity index (χ3v) is 19.2. The fourth-order valence-corrected chi connectivity index (χ4v) is 13.1. The monoisotopic (exact) mass is 623 g/mol. The predicted molar refractivity (Wildman–Crippen MR) is 168 cm³/mol. The zero-order valence-electron chi connectivity index (χ0n) is 23.5. The SMILES string of the molecule is CC(C)(C)c1ccc2c(c1)c1cc(C(C)(C)C)ccc1n2CCCc1cc2s[c]([Sn]([CH3])([CH3])[CH3])cc2s1. The van der Waals surface area contributed by atoms with Crippen LogP contribution in [-0.2, 0) is 23.8 Å². The molecular formula is C32H41NS2Sn. The topological polar surface area (TPSA) is 4.93 Å². The van der Waals surface area contributed by atoms with Crippen LogP contribution in [0, 0.1) is 0 Å². The van der Waals surface area contributed by atoms with E-state index < -0.39 is 18.4 Å². The van der Waals surface area contributed by atoms with E-state index in [2.05, 4.69) is 121 Å². The van der Waals surface area contributed by atoms with Gasteiger partial charge in [-0.25, -0.2) is 0 Å². The Balaban J connectivity index is 1.47. The summed E-state index contributed by atoms with van der Waals surface area (Å²) >= 11 is 2.12. The molecule has 4 heteroatoms. The van der Waals surface area contributed by atoms with E-state index in [1.165, 1.54) is 53.6 Å². The Morgan fingerprint density at radius 2 is 1.22 bits per heavy atom. The third-order valence-electron chi connectivity index (χ3n) is 7.40. The molecular weight excluding hydrogens is 581 g/mol. The van der Waals surface area contributed by atoms with E-state index in [4.69, 9.17) is 0 Å². The molecule has 0 saturated heterocycles. The molecule has 0 radical (unpaired) electrons. The fraction of sp³-hybridized carbons (Fsp3) is 0.438. The summed E-state index contributed by atoms with van der Waals surface area (Å²) in [5.74, 6) is 0. The van der Waals surface area contributed by atoms with E-state index in [1.54, 1.807) is 2.89 Å². The van der Waals surface area contributed by atoms with Crippen molar-refractivity contribution in [3.63, 3.8) is 0 Å². The van der Waals surface area contributed by atoms with Crippen molar-refractivity contribution in [2.45, 2.75) is 86.6 Å². The summed E-state index contributed by atoms with van der Waals surface area (Å²) in [7, 11) is 0. The number of rotatable bonds is 5. The molecule has 1 nitrogen and oxygen atoms in total. The maximum absolute atomic E-state index is 2.58. The molecule has 2 aromatic carbocycles. The molecule has 3 aromatic heterocycles. The Morgan fingerprint density at radius 3 is 1.69 bits per heavy atom. The van der Waals surface area contributed by atoms with Crippen LogP contribution in [0.25, 0.3) is 31.2 Å². The Bertz CT molecular complexity index is 1460. The van der Waals surface area contributed by atoms with Crippen LogP contribution in [0.15, 0.2) is 48.5 Å². The third kappa shape index (κ3) is 5.05. The quantitative estimate of drug-likeness (QED) is 0.172. The normalized spacial score (nSPS) is 13.5. The molecule has 190 valence electrons. The summed E-state index contributed by atoms with van der Waals surface area (Å²) in [5.41, 5.74) is 5.86. The minimum atomic E-state index is -1.97. The Hall–Kier alpha value is -1.30. The van der Waals surface area contributed by atoms with Crippen LogP contribution < -0.4 is 2.89 Å². The molecule has 0 aliphatic heterocycles. The Labute approximate surface area is 229 Å². The number of benzene rings is 2. The van der Waals surface area contributed by atoms with E-state index in [0.717, 1.165) is 13.0 Å². The second-order valence-corrected chi connectivity index (χ2v) is 31.2. The van der Waals surface area contributed by atoms with Gasteiger partial charge in [0.15, 0.2) is 0 Å². The second-order valence-electron chi connectivity index (χ2n) is 13.5. The van der Waals surface area contributed by atoms with Crippen LogP contribution in [0.5, 0.6) is 0 Å². The van der Waals surface area contributed by atoms with Crippen LogP contribution in [-0.4, -0.2) is 22.9 Å². The molecule has 5 rings (SSSR count). The summed E-state index contributed by atoms with van der Waals surface area (Å²) in [6, 6.07) is 19.3. The molecule has 0 unspecified atom stereocenters. The fourth-order valence-electron chi connectivity index (χ4n) is 5.07. The first-order valence-corrected chi connectivity index (χ1v) is 24.9. The zero-order valence-corrected chi connectivity index (χ0v) is 28.0. The molecule has 0 spiro atoms. The number of aromatic nitrogens is 1. The molecule has 0 atom stereocenters. The molecule has 3 heterocycles. The molecule has 0 aliphatic rings. The van der Waals surface area contributed by atoms with Gasteiger partial charge in [0.1, 0.15) is 0 Å². The van der Waals surface area contributed by atoms with Crippen molar-refractivity contribution in [2.24, 2.45) is 0 Å². The summed E-state index contributed by atoms with van der Waals surface area (Å²) in [4.78, 5) is 9.10. The summed E-state index contributed by atoms with van der Waals surface area (Å²) < 4.78 is 7.30. The standard InChI is InChI=1S/C29H32NS2.3CH3.Sn/c1-28(2,3)19-9-11-24-22(16-19)23-17-20(29(4,5)6)10-12-25(23)30(24)14-7-8-21-18-27-26(32-21)13-15-31-27;;;;/h9-13,16-18H,7-8,14H2,1-6H3;3*1H3;. The van der Waals surface area contributed by atoms with E-state index >= 15 is 0 Å². The zero-order chi connectivity index (χ0) is 26.0. The van der Waals surface area contributed by atoms with Gasteiger partial charge in [0.2, 0.25) is 0 Å². The van der Waals surface area contributed by atoms with E-state index in [-0.39, 0.29) is 10.8 Å². The van der Waals surface area contributed by atoms with Gasteiger partial charge in [-0.05, 0) is 22.0 Å². The molecule has 0 bridgehead atoms. The van der Waals surface area contributed by atoms with Crippen molar-refractivity contribution < 1.29 is 0 Å². The van der Waals surface area contributed by atoms with E-state index in [0.29, 0.717) is 0 Å². The van der Waals surface area contributed by atoms with E-state index in [1.807, 2.05) is 11.3 Å². The van der Waals surface area contributed by atoms with Crippen LogP contribution in [0.1, 0.15) is 64.0 Å². The van der Waals surface area contributed by atoms with E-state index in [9.17, 15) is 0 Å². The number of hydrogen-bond donors (Lipinski definition) is 0.